The summed E-state index contributed by atoms with van der Waals surface area (Å²) in [6, 6.07) is 11.6. The minimum absolute atomic E-state index is 0.0605. The Balaban J connectivity index is 1.89. The van der Waals surface area contributed by atoms with Gasteiger partial charge in [-0.1, -0.05) is 18.2 Å². The summed E-state index contributed by atoms with van der Waals surface area (Å²) in [6.45, 7) is 0.857. The minimum Gasteiger partial charge on any atom is -0.494 e. The smallest absolute Gasteiger partial charge is 0.419 e. The number of aromatic nitrogens is 1. The van der Waals surface area contributed by atoms with Gasteiger partial charge in [0, 0.05) is 19.8 Å². The Morgan fingerprint density at radius 2 is 1.82 bits per heavy atom. The highest BCUT2D eigenvalue weighted by atomic mass is 19.4. The normalized spacial score (nSPS) is 11.3. The molecule has 0 bridgehead atoms. The van der Waals surface area contributed by atoms with Gasteiger partial charge < -0.3 is 9.64 Å². The molecule has 0 amide bonds. The van der Waals surface area contributed by atoms with Crippen LogP contribution in [0.15, 0.2) is 48.7 Å². The molecule has 6 heteroatoms. The SMILES string of the molecule is CN(CCCOc1ccccc1)c1ncccc1C(F)(F)F. The summed E-state index contributed by atoms with van der Waals surface area (Å²) in [7, 11) is 1.60. The Kier molecular flexibility index (Phi) is 5.25. The summed E-state index contributed by atoms with van der Waals surface area (Å²) >= 11 is 0. The van der Waals surface area contributed by atoms with Crippen molar-refractivity contribution >= 4 is 5.82 Å². The second-order valence-corrected chi connectivity index (χ2v) is 4.81. The van der Waals surface area contributed by atoms with Gasteiger partial charge in [0.05, 0.1) is 12.2 Å². The molecule has 1 aromatic carbocycles. The molecule has 22 heavy (non-hydrogen) atoms. The van der Waals surface area contributed by atoms with E-state index in [0.717, 1.165) is 11.8 Å². The molecular weight excluding hydrogens is 293 g/mol. The maximum Gasteiger partial charge on any atom is 0.419 e. The molecule has 0 saturated heterocycles. The van der Waals surface area contributed by atoms with Gasteiger partial charge in [-0.15, -0.1) is 0 Å². The number of benzene rings is 1. The summed E-state index contributed by atoms with van der Waals surface area (Å²) in [6.07, 6.45) is -2.45. The molecule has 2 aromatic rings. The Morgan fingerprint density at radius 1 is 1.09 bits per heavy atom. The molecule has 0 saturated carbocycles. The molecule has 118 valence electrons. The van der Waals surface area contributed by atoms with Crippen molar-refractivity contribution in [2.75, 3.05) is 25.1 Å². The molecule has 0 aliphatic heterocycles. The average Bonchev–Trinajstić information content (AvgIpc) is 2.51. The van der Waals surface area contributed by atoms with E-state index in [9.17, 15) is 13.2 Å². The van der Waals surface area contributed by atoms with E-state index in [-0.39, 0.29) is 5.82 Å². The lowest BCUT2D eigenvalue weighted by molar-refractivity contribution is -0.137. The van der Waals surface area contributed by atoms with Gasteiger partial charge in [0.1, 0.15) is 11.6 Å². The van der Waals surface area contributed by atoms with Crippen LogP contribution < -0.4 is 9.64 Å². The Morgan fingerprint density at radius 3 is 2.50 bits per heavy atom. The van der Waals surface area contributed by atoms with Gasteiger partial charge in [-0.3, -0.25) is 0 Å². The standard InChI is InChI=1S/C16H17F3N2O/c1-21(11-6-12-22-13-7-3-2-4-8-13)15-14(16(17,18)19)9-5-10-20-15/h2-5,7-10H,6,11-12H2,1H3. The van der Waals surface area contributed by atoms with Crippen molar-refractivity contribution in [3.63, 3.8) is 0 Å². The van der Waals surface area contributed by atoms with Crippen molar-refractivity contribution in [3.8, 4) is 5.75 Å². The van der Waals surface area contributed by atoms with Crippen molar-refractivity contribution in [1.82, 2.24) is 4.98 Å². The number of alkyl halides is 3. The maximum absolute atomic E-state index is 12.9. The van der Waals surface area contributed by atoms with E-state index in [1.165, 1.54) is 17.2 Å². The van der Waals surface area contributed by atoms with Crippen molar-refractivity contribution in [2.45, 2.75) is 12.6 Å². The quantitative estimate of drug-likeness (QED) is 0.754. The molecule has 0 unspecified atom stereocenters. The van der Waals surface area contributed by atoms with E-state index in [1.807, 2.05) is 30.3 Å². The summed E-state index contributed by atoms with van der Waals surface area (Å²) in [5, 5.41) is 0. The molecule has 0 spiro atoms. The predicted molar refractivity (Wildman–Crippen MR) is 79.1 cm³/mol. The number of ether oxygens (including phenoxy) is 1. The van der Waals surface area contributed by atoms with Gasteiger partial charge in [-0.05, 0) is 30.7 Å². The first-order chi connectivity index (χ1) is 10.5. The fourth-order valence-electron chi connectivity index (χ4n) is 2.04. The fraction of sp³-hybridized carbons (Fsp3) is 0.312. The molecular formula is C16H17F3N2O. The largest absolute Gasteiger partial charge is 0.494 e. The van der Waals surface area contributed by atoms with Crippen LogP contribution in [-0.2, 0) is 6.18 Å². The highest BCUT2D eigenvalue weighted by Gasteiger charge is 2.34. The first-order valence-electron chi connectivity index (χ1n) is 6.89. The molecule has 0 aliphatic rings. The molecule has 2 rings (SSSR count). The van der Waals surface area contributed by atoms with Gasteiger partial charge in [-0.2, -0.15) is 13.2 Å². The van der Waals surface area contributed by atoms with Crippen LogP contribution in [0.5, 0.6) is 5.75 Å². The van der Waals surface area contributed by atoms with E-state index >= 15 is 0 Å². The van der Waals surface area contributed by atoms with Crippen molar-refractivity contribution in [1.29, 1.82) is 0 Å². The predicted octanol–water partition coefficient (Wildman–Crippen LogP) is 4.01. The molecule has 1 heterocycles. The van der Waals surface area contributed by atoms with E-state index < -0.39 is 11.7 Å². The Bertz CT molecular complexity index is 587. The topological polar surface area (TPSA) is 25.4 Å². The fourth-order valence-corrected chi connectivity index (χ4v) is 2.04. The third-order valence-electron chi connectivity index (χ3n) is 3.10. The molecule has 0 aliphatic carbocycles. The number of pyridine rings is 1. The summed E-state index contributed by atoms with van der Waals surface area (Å²) < 4.78 is 44.3. The zero-order chi connectivity index (χ0) is 16.0. The third kappa shape index (κ3) is 4.38. The first kappa shape index (κ1) is 16.1. The van der Waals surface area contributed by atoms with Crippen molar-refractivity contribution in [3.05, 3.63) is 54.2 Å². The van der Waals surface area contributed by atoms with E-state index in [2.05, 4.69) is 4.98 Å². The van der Waals surface area contributed by atoms with Crippen LogP contribution in [0.4, 0.5) is 19.0 Å². The van der Waals surface area contributed by atoms with Crippen LogP contribution in [0.3, 0.4) is 0 Å². The maximum atomic E-state index is 12.9. The number of rotatable bonds is 6. The van der Waals surface area contributed by atoms with Crippen LogP contribution >= 0.6 is 0 Å². The number of hydrogen-bond donors (Lipinski definition) is 0. The van der Waals surface area contributed by atoms with Crippen LogP contribution in [0.1, 0.15) is 12.0 Å². The summed E-state index contributed by atoms with van der Waals surface area (Å²) in [5.74, 6) is 0.689. The van der Waals surface area contributed by atoms with Crippen LogP contribution in [0.25, 0.3) is 0 Å². The highest BCUT2D eigenvalue weighted by Crippen LogP contribution is 2.34. The number of hydrogen-bond acceptors (Lipinski definition) is 3. The third-order valence-corrected chi connectivity index (χ3v) is 3.10. The Hall–Kier alpha value is -2.24. The zero-order valence-corrected chi connectivity index (χ0v) is 12.2. The molecule has 3 nitrogen and oxygen atoms in total. The highest BCUT2D eigenvalue weighted by molar-refractivity contribution is 5.47. The van der Waals surface area contributed by atoms with Gasteiger partial charge in [-0.25, -0.2) is 4.98 Å². The molecule has 0 atom stereocenters. The lowest BCUT2D eigenvalue weighted by Gasteiger charge is -2.22. The number of para-hydroxylation sites is 1. The van der Waals surface area contributed by atoms with Crippen LogP contribution in [0.2, 0.25) is 0 Å². The lowest BCUT2D eigenvalue weighted by atomic mass is 10.2. The zero-order valence-electron chi connectivity index (χ0n) is 12.2. The number of anilines is 1. The van der Waals surface area contributed by atoms with Crippen molar-refractivity contribution < 1.29 is 17.9 Å². The van der Waals surface area contributed by atoms with Crippen molar-refractivity contribution in [2.24, 2.45) is 0 Å². The van der Waals surface area contributed by atoms with Gasteiger partial charge >= 0.3 is 6.18 Å². The minimum atomic E-state index is -4.40. The second-order valence-electron chi connectivity index (χ2n) is 4.81. The monoisotopic (exact) mass is 310 g/mol. The van der Waals surface area contributed by atoms with Crippen LogP contribution in [0, 0.1) is 0 Å². The number of halogens is 3. The van der Waals surface area contributed by atoms with E-state index in [4.69, 9.17) is 4.74 Å². The average molecular weight is 310 g/mol. The molecule has 0 fully saturated rings. The van der Waals surface area contributed by atoms with Gasteiger partial charge in [0.15, 0.2) is 0 Å². The lowest BCUT2D eigenvalue weighted by Crippen LogP contribution is -2.24. The summed E-state index contributed by atoms with van der Waals surface area (Å²) in [4.78, 5) is 5.34. The number of nitrogens with zero attached hydrogens (tertiary/aromatic N) is 2. The first-order valence-corrected chi connectivity index (χ1v) is 6.89. The molecule has 1 aromatic heterocycles. The van der Waals surface area contributed by atoms with E-state index in [0.29, 0.717) is 19.6 Å². The van der Waals surface area contributed by atoms with E-state index in [1.54, 1.807) is 7.05 Å². The van der Waals surface area contributed by atoms with Gasteiger partial charge in [0.2, 0.25) is 0 Å². The second kappa shape index (κ2) is 7.15. The molecule has 0 radical (unpaired) electrons. The summed E-state index contributed by atoms with van der Waals surface area (Å²) in [5.41, 5.74) is -0.721. The van der Waals surface area contributed by atoms with Crippen LogP contribution in [-0.4, -0.2) is 25.2 Å². The molecule has 0 N–H and O–H groups in total. The Labute approximate surface area is 127 Å². The van der Waals surface area contributed by atoms with Gasteiger partial charge in [0.25, 0.3) is 0 Å².